The molecular formula is C29H42N8. The summed E-state index contributed by atoms with van der Waals surface area (Å²) in [6.07, 6.45) is 12.7. The second kappa shape index (κ2) is 10.2. The summed E-state index contributed by atoms with van der Waals surface area (Å²) in [7, 11) is 0. The number of fused-ring (bicyclic) bond motifs is 4. The van der Waals surface area contributed by atoms with Gasteiger partial charge in [-0.2, -0.15) is 4.98 Å². The Morgan fingerprint density at radius 2 is 1.84 bits per heavy atom. The standard InChI is InChI=1S/C29H42N8/c1-4-35(5-2)23-11-15-36(16-12-23)24-9-10-26(30-19-24)33-28-31-18-22-17-25-21(3)32-20-29(13-7-6-8-14-29)37(25)27(22)34-28/h9-10,17-19,21,23,32H,4-8,11-16,20H2,1-3H3,(H,30,31,33,34). The zero-order valence-electron chi connectivity index (χ0n) is 22.7. The molecule has 0 radical (unpaired) electrons. The Balaban J connectivity index is 1.19. The summed E-state index contributed by atoms with van der Waals surface area (Å²) >= 11 is 0. The molecule has 1 spiro atoms. The van der Waals surface area contributed by atoms with E-state index in [0.29, 0.717) is 18.0 Å². The van der Waals surface area contributed by atoms with Gasteiger partial charge < -0.3 is 25.0 Å². The van der Waals surface area contributed by atoms with Crippen LogP contribution in [0, 0.1) is 0 Å². The fraction of sp³-hybridized carbons (Fsp3) is 0.621. The van der Waals surface area contributed by atoms with Crippen molar-refractivity contribution in [2.45, 2.75) is 83.3 Å². The highest BCUT2D eigenvalue weighted by atomic mass is 15.2. The molecule has 3 aromatic rings. The summed E-state index contributed by atoms with van der Waals surface area (Å²) in [4.78, 5) is 19.5. The van der Waals surface area contributed by atoms with Crippen molar-refractivity contribution in [2.75, 3.05) is 42.9 Å². The van der Waals surface area contributed by atoms with Gasteiger partial charge in [-0.15, -0.1) is 0 Å². The summed E-state index contributed by atoms with van der Waals surface area (Å²) in [5.41, 5.74) is 3.71. The van der Waals surface area contributed by atoms with E-state index in [2.05, 4.69) is 69.0 Å². The predicted molar refractivity (Wildman–Crippen MR) is 151 cm³/mol. The van der Waals surface area contributed by atoms with Crippen molar-refractivity contribution in [1.82, 2.24) is 29.7 Å². The van der Waals surface area contributed by atoms with Crippen LogP contribution in [0.15, 0.2) is 30.6 Å². The molecule has 0 bridgehead atoms. The van der Waals surface area contributed by atoms with E-state index >= 15 is 0 Å². The topological polar surface area (TPSA) is 74.1 Å². The zero-order valence-corrected chi connectivity index (χ0v) is 22.7. The second-order valence-corrected chi connectivity index (χ2v) is 11.2. The molecular weight excluding hydrogens is 460 g/mol. The van der Waals surface area contributed by atoms with Crippen molar-refractivity contribution in [3.63, 3.8) is 0 Å². The lowest BCUT2D eigenvalue weighted by Crippen LogP contribution is -2.50. The van der Waals surface area contributed by atoms with Crippen LogP contribution in [0.1, 0.15) is 77.5 Å². The number of nitrogens with zero attached hydrogens (tertiary/aromatic N) is 6. The summed E-state index contributed by atoms with van der Waals surface area (Å²) in [5, 5.41) is 8.26. The van der Waals surface area contributed by atoms with Gasteiger partial charge in [-0.3, -0.25) is 0 Å². The molecule has 8 heteroatoms. The number of aromatic nitrogens is 4. The van der Waals surface area contributed by atoms with Crippen molar-refractivity contribution >= 4 is 28.5 Å². The minimum Gasteiger partial charge on any atom is -0.370 e. The third-order valence-corrected chi connectivity index (χ3v) is 9.16. The lowest BCUT2D eigenvalue weighted by Gasteiger charge is -2.45. The predicted octanol–water partition coefficient (Wildman–Crippen LogP) is 5.20. The molecule has 1 aliphatic carbocycles. The van der Waals surface area contributed by atoms with Gasteiger partial charge in [0.15, 0.2) is 0 Å². The Bertz CT molecular complexity index is 1200. The average Bonchev–Trinajstić information content (AvgIpc) is 3.34. The van der Waals surface area contributed by atoms with Crippen molar-refractivity contribution in [3.05, 3.63) is 36.3 Å². The molecule has 8 nitrogen and oxygen atoms in total. The molecule has 6 rings (SSSR count). The highest BCUT2D eigenvalue weighted by Crippen LogP contribution is 2.42. The highest BCUT2D eigenvalue weighted by molar-refractivity contribution is 5.79. The van der Waals surface area contributed by atoms with Crippen molar-refractivity contribution < 1.29 is 0 Å². The number of nitrogens with one attached hydrogen (secondary N) is 2. The van der Waals surface area contributed by atoms with Crippen molar-refractivity contribution in [1.29, 1.82) is 0 Å². The molecule has 5 heterocycles. The number of anilines is 3. The minimum atomic E-state index is 0.131. The van der Waals surface area contributed by atoms with Crippen LogP contribution in [-0.2, 0) is 5.54 Å². The van der Waals surface area contributed by atoms with E-state index in [1.54, 1.807) is 0 Å². The maximum Gasteiger partial charge on any atom is 0.230 e. The van der Waals surface area contributed by atoms with Crippen LogP contribution >= 0.6 is 0 Å². The Hall–Kier alpha value is -2.71. The van der Waals surface area contributed by atoms with Gasteiger partial charge in [-0.25, -0.2) is 9.97 Å². The molecule has 198 valence electrons. The highest BCUT2D eigenvalue weighted by Gasteiger charge is 2.40. The van der Waals surface area contributed by atoms with Crippen molar-refractivity contribution in [2.24, 2.45) is 0 Å². The number of rotatable bonds is 6. The number of hydrogen-bond donors (Lipinski definition) is 2. The third kappa shape index (κ3) is 4.59. The number of pyridine rings is 1. The van der Waals surface area contributed by atoms with Gasteiger partial charge in [-0.05, 0) is 63.9 Å². The fourth-order valence-corrected chi connectivity index (χ4v) is 7.01. The molecule has 2 aliphatic heterocycles. The number of piperidine rings is 1. The number of hydrogen-bond acceptors (Lipinski definition) is 7. The van der Waals surface area contributed by atoms with E-state index in [-0.39, 0.29) is 5.54 Å². The molecule has 2 N–H and O–H groups in total. The molecule has 0 aromatic carbocycles. The summed E-state index contributed by atoms with van der Waals surface area (Å²) in [6, 6.07) is 7.54. The summed E-state index contributed by atoms with van der Waals surface area (Å²) in [6.45, 7) is 12.3. The summed E-state index contributed by atoms with van der Waals surface area (Å²) in [5.74, 6) is 1.40. The monoisotopic (exact) mass is 502 g/mol. The van der Waals surface area contributed by atoms with Crippen LogP contribution in [0.5, 0.6) is 0 Å². The van der Waals surface area contributed by atoms with E-state index in [1.165, 1.54) is 56.3 Å². The quantitative estimate of drug-likeness (QED) is 0.480. The molecule has 0 amide bonds. The van der Waals surface area contributed by atoms with Gasteiger partial charge in [0, 0.05) is 49.0 Å². The van der Waals surface area contributed by atoms with E-state index in [1.807, 2.05) is 12.4 Å². The van der Waals surface area contributed by atoms with E-state index in [9.17, 15) is 0 Å². The Morgan fingerprint density at radius 3 is 2.54 bits per heavy atom. The first-order valence-electron chi connectivity index (χ1n) is 14.4. The molecule has 1 unspecified atom stereocenters. The molecule has 3 aromatic heterocycles. The molecule has 1 atom stereocenters. The molecule has 1 saturated heterocycles. The van der Waals surface area contributed by atoms with Crippen LogP contribution in [0.3, 0.4) is 0 Å². The largest absolute Gasteiger partial charge is 0.370 e. The smallest absolute Gasteiger partial charge is 0.230 e. The van der Waals surface area contributed by atoms with Crippen LogP contribution in [0.4, 0.5) is 17.5 Å². The van der Waals surface area contributed by atoms with Gasteiger partial charge >= 0.3 is 0 Å². The van der Waals surface area contributed by atoms with Crippen LogP contribution in [0.2, 0.25) is 0 Å². The van der Waals surface area contributed by atoms with Gasteiger partial charge in [-0.1, -0.05) is 33.1 Å². The zero-order chi connectivity index (χ0) is 25.4. The fourth-order valence-electron chi connectivity index (χ4n) is 7.01. The normalized spacial score (nSPS) is 22.1. The van der Waals surface area contributed by atoms with Crippen LogP contribution in [-0.4, -0.2) is 63.2 Å². The first-order chi connectivity index (χ1) is 18.1. The second-order valence-electron chi connectivity index (χ2n) is 11.2. The Kier molecular flexibility index (Phi) is 6.80. The van der Waals surface area contributed by atoms with Crippen LogP contribution in [0.25, 0.3) is 11.0 Å². The Morgan fingerprint density at radius 1 is 1.05 bits per heavy atom. The van der Waals surface area contributed by atoms with Gasteiger partial charge in [0.05, 0.1) is 17.4 Å². The van der Waals surface area contributed by atoms with Gasteiger partial charge in [0.2, 0.25) is 5.95 Å². The maximum atomic E-state index is 5.04. The SMILES string of the molecule is CCN(CC)C1CCN(c2ccc(Nc3ncc4cc5n(c4n3)C3(CCCCC3)CNC5C)nc2)CC1. The lowest BCUT2D eigenvalue weighted by atomic mass is 9.79. The van der Waals surface area contributed by atoms with E-state index < -0.39 is 0 Å². The third-order valence-electron chi connectivity index (χ3n) is 9.16. The molecule has 1 saturated carbocycles. The molecule has 2 fully saturated rings. The minimum absolute atomic E-state index is 0.131. The first kappa shape index (κ1) is 24.6. The first-order valence-corrected chi connectivity index (χ1v) is 14.4. The van der Waals surface area contributed by atoms with Crippen LogP contribution < -0.4 is 15.5 Å². The van der Waals surface area contributed by atoms with Crippen molar-refractivity contribution in [3.8, 4) is 0 Å². The Labute approximate surface area is 220 Å². The van der Waals surface area contributed by atoms with E-state index in [0.717, 1.165) is 49.6 Å². The summed E-state index contributed by atoms with van der Waals surface area (Å²) < 4.78 is 2.55. The van der Waals surface area contributed by atoms with Gasteiger partial charge in [0.25, 0.3) is 0 Å². The van der Waals surface area contributed by atoms with E-state index in [4.69, 9.17) is 9.97 Å². The average molecular weight is 503 g/mol. The van der Waals surface area contributed by atoms with Gasteiger partial charge in [0.1, 0.15) is 11.5 Å². The maximum absolute atomic E-state index is 5.04. The molecule has 37 heavy (non-hydrogen) atoms. The molecule has 3 aliphatic rings. The lowest BCUT2D eigenvalue weighted by molar-refractivity contribution is 0.157.